The number of benzene rings is 1. The van der Waals surface area contributed by atoms with Gasteiger partial charge in [-0.2, -0.15) is 0 Å². The molecule has 18 heavy (non-hydrogen) atoms. The third-order valence-electron chi connectivity index (χ3n) is 2.54. The fraction of sp³-hybridized carbons (Fsp3) is 0.417. The molecule has 6 heteroatoms. The molecule has 0 heterocycles. The standard InChI is InChI=1S/C12H16N2O4/c1-8-6-11(13-4-5-18-3)12(14(16)17)7-10(8)9(2)15/h6-7,13H,4-5H2,1-3H3. The quantitative estimate of drug-likeness (QED) is 0.363. The molecule has 0 aliphatic rings. The number of ketones is 1. The number of nitro groups is 1. The van der Waals surface area contributed by atoms with E-state index in [0.29, 0.717) is 30.0 Å². The number of nitrogens with zero attached hydrogens (tertiary/aromatic N) is 1. The molecule has 0 aliphatic heterocycles. The van der Waals surface area contributed by atoms with Gasteiger partial charge in [-0.15, -0.1) is 0 Å². The first-order valence-corrected chi connectivity index (χ1v) is 5.50. The van der Waals surface area contributed by atoms with Crippen molar-refractivity contribution in [1.29, 1.82) is 0 Å². The van der Waals surface area contributed by atoms with Crippen LogP contribution in [0.1, 0.15) is 22.8 Å². The van der Waals surface area contributed by atoms with Crippen LogP contribution >= 0.6 is 0 Å². The zero-order valence-electron chi connectivity index (χ0n) is 10.6. The van der Waals surface area contributed by atoms with Crippen molar-refractivity contribution in [3.63, 3.8) is 0 Å². The van der Waals surface area contributed by atoms with E-state index in [4.69, 9.17) is 4.74 Å². The lowest BCUT2D eigenvalue weighted by molar-refractivity contribution is -0.384. The highest BCUT2D eigenvalue weighted by Gasteiger charge is 2.18. The minimum Gasteiger partial charge on any atom is -0.383 e. The minimum absolute atomic E-state index is 0.0955. The monoisotopic (exact) mass is 252 g/mol. The molecule has 0 amide bonds. The van der Waals surface area contributed by atoms with Gasteiger partial charge in [0.15, 0.2) is 5.78 Å². The van der Waals surface area contributed by atoms with E-state index in [1.54, 1.807) is 20.1 Å². The molecule has 1 N–H and O–H groups in total. The van der Waals surface area contributed by atoms with Crippen LogP contribution in [0, 0.1) is 17.0 Å². The summed E-state index contributed by atoms with van der Waals surface area (Å²) in [6.45, 7) is 4.06. The zero-order chi connectivity index (χ0) is 13.7. The summed E-state index contributed by atoms with van der Waals surface area (Å²) in [6, 6.07) is 2.93. The normalized spacial score (nSPS) is 10.2. The number of carbonyl (C=O) groups excluding carboxylic acids is 1. The van der Waals surface area contributed by atoms with Crippen molar-refractivity contribution >= 4 is 17.2 Å². The van der Waals surface area contributed by atoms with Gasteiger partial charge in [0, 0.05) is 25.3 Å². The number of Topliss-reactive ketones (excluding diaryl/α,β-unsaturated/α-hetero) is 1. The van der Waals surface area contributed by atoms with Gasteiger partial charge >= 0.3 is 0 Å². The average Bonchev–Trinajstić information content (AvgIpc) is 2.28. The van der Waals surface area contributed by atoms with Crippen molar-refractivity contribution in [2.24, 2.45) is 0 Å². The fourth-order valence-corrected chi connectivity index (χ4v) is 1.66. The number of nitrogens with one attached hydrogen (secondary N) is 1. The predicted octanol–water partition coefficient (Wildman–Crippen LogP) is 2.16. The number of ether oxygens (including phenoxy) is 1. The van der Waals surface area contributed by atoms with E-state index in [2.05, 4.69) is 5.32 Å². The first-order chi connectivity index (χ1) is 8.47. The molecular formula is C12H16N2O4. The van der Waals surface area contributed by atoms with Crippen LogP contribution in [-0.4, -0.2) is 31.0 Å². The van der Waals surface area contributed by atoms with Crippen molar-refractivity contribution < 1.29 is 14.5 Å². The Morgan fingerprint density at radius 1 is 1.50 bits per heavy atom. The minimum atomic E-state index is -0.499. The summed E-state index contributed by atoms with van der Waals surface area (Å²) in [4.78, 5) is 21.8. The number of methoxy groups -OCH3 is 1. The van der Waals surface area contributed by atoms with Gasteiger partial charge in [0.05, 0.1) is 11.5 Å². The zero-order valence-corrected chi connectivity index (χ0v) is 10.6. The molecule has 0 spiro atoms. The lowest BCUT2D eigenvalue weighted by Crippen LogP contribution is -2.10. The number of carbonyl (C=O) groups is 1. The Labute approximate surface area is 105 Å². The number of nitro benzene ring substituents is 1. The van der Waals surface area contributed by atoms with Crippen LogP contribution in [0.15, 0.2) is 12.1 Å². The second kappa shape index (κ2) is 6.11. The van der Waals surface area contributed by atoms with Gasteiger partial charge in [-0.3, -0.25) is 14.9 Å². The molecule has 0 radical (unpaired) electrons. The van der Waals surface area contributed by atoms with Crippen LogP contribution in [0.25, 0.3) is 0 Å². The number of anilines is 1. The van der Waals surface area contributed by atoms with Gasteiger partial charge in [-0.05, 0) is 25.5 Å². The van der Waals surface area contributed by atoms with E-state index in [1.807, 2.05) is 0 Å². The van der Waals surface area contributed by atoms with E-state index >= 15 is 0 Å². The summed E-state index contributed by atoms with van der Waals surface area (Å²) >= 11 is 0. The highest BCUT2D eigenvalue weighted by Crippen LogP contribution is 2.28. The summed E-state index contributed by atoms with van der Waals surface area (Å²) < 4.78 is 4.87. The van der Waals surface area contributed by atoms with Gasteiger partial charge in [0.2, 0.25) is 0 Å². The molecule has 0 aliphatic carbocycles. The second-order valence-corrected chi connectivity index (χ2v) is 3.92. The summed E-state index contributed by atoms with van der Waals surface area (Å²) in [5, 5.41) is 13.9. The van der Waals surface area contributed by atoms with Gasteiger partial charge in [0.25, 0.3) is 5.69 Å². The van der Waals surface area contributed by atoms with E-state index < -0.39 is 4.92 Å². The smallest absolute Gasteiger partial charge is 0.293 e. The molecule has 0 bridgehead atoms. The van der Waals surface area contributed by atoms with Crippen LogP contribution in [0.4, 0.5) is 11.4 Å². The lowest BCUT2D eigenvalue weighted by Gasteiger charge is -2.09. The van der Waals surface area contributed by atoms with Crippen LogP contribution in [0.2, 0.25) is 0 Å². The number of aryl methyl sites for hydroxylation is 1. The topological polar surface area (TPSA) is 81.5 Å². The first-order valence-electron chi connectivity index (χ1n) is 5.50. The molecule has 0 saturated heterocycles. The molecule has 0 fully saturated rings. The molecule has 0 atom stereocenters. The second-order valence-electron chi connectivity index (χ2n) is 3.92. The summed E-state index contributed by atoms with van der Waals surface area (Å²) in [5.41, 5.74) is 1.40. The molecule has 0 aromatic heterocycles. The first kappa shape index (κ1) is 14.1. The van der Waals surface area contributed by atoms with Gasteiger partial charge < -0.3 is 10.1 Å². The van der Waals surface area contributed by atoms with Crippen LogP contribution in [-0.2, 0) is 4.74 Å². The fourth-order valence-electron chi connectivity index (χ4n) is 1.66. The van der Waals surface area contributed by atoms with Crippen molar-refractivity contribution in [3.05, 3.63) is 33.4 Å². The third kappa shape index (κ3) is 3.27. The lowest BCUT2D eigenvalue weighted by atomic mass is 10.0. The highest BCUT2D eigenvalue weighted by molar-refractivity contribution is 5.97. The Kier molecular flexibility index (Phi) is 4.79. The maximum Gasteiger partial charge on any atom is 0.293 e. The number of hydrogen-bond donors (Lipinski definition) is 1. The number of rotatable bonds is 6. The van der Waals surface area contributed by atoms with Crippen LogP contribution < -0.4 is 5.32 Å². The summed E-state index contributed by atoms with van der Waals surface area (Å²) in [6.07, 6.45) is 0. The molecule has 0 unspecified atom stereocenters. The predicted molar refractivity (Wildman–Crippen MR) is 68.2 cm³/mol. The van der Waals surface area contributed by atoms with E-state index in [1.165, 1.54) is 13.0 Å². The molecule has 1 aromatic carbocycles. The molecular weight excluding hydrogens is 236 g/mol. The average molecular weight is 252 g/mol. The van der Waals surface area contributed by atoms with Gasteiger partial charge in [-0.1, -0.05) is 0 Å². The Bertz CT molecular complexity index is 471. The maximum atomic E-state index is 11.3. The van der Waals surface area contributed by atoms with Gasteiger partial charge in [0.1, 0.15) is 5.69 Å². The largest absolute Gasteiger partial charge is 0.383 e. The maximum absolute atomic E-state index is 11.3. The molecule has 1 rings (SSSR count). The van der Waals surface area contributed by atoms with Gasteiger partial charge in [-0.25, -0.2) is 0 Å². The Balaban J connectivity index is 3.12. The van der Waals surface area contributed by atoms with Crippen molar-refractivity contribution in [1.82, 2.24) is 0 Å². The van der Waals surface area contributed by atoms with E-state index in [9.17, 15) is 14.9 Å². The Morgan fingerprint density at radius 3 is 2.67 bits per heavy atom. The van der Waals surface area contributed by atoms with Crippen molar-refractivity contribution in [2.45, 2.75) is 13.8 Å². The van der Waals surface area contributed by atoms with E-state index in [-0.39, 0.29) is 11.5 Å². The SMILES string of the molecule is COCCNc1cc(C)c(C(C)=O)cc1[N+](=O)[O-]. The molecule has 0 saturated carbocycles. The van der Waals surface area contributed by atoms with E-state index in [0.717, 1.165) is 0 Å². The van der Waals surface area contributed by atoms with Crippen LogP contribution in [0.5, 0.6) is 0 Å². The number of hydrogen-bond acceptors (Lipinski definition) is 5. The molecule has 6 nitrogen and oxygen atoms in total. The highest BCUT2D eigenvalue weighted by atomic mass is 16.6. The van der Waals surface area contributed by atoms with Crippen molar-refractivity contribution in [3.8, 4) is 0 Å². The van der Waals surface area contributed by atoms with Crippen molar-refractivity contribution in [2.75, 3.05) is 25.6 Å². The molecule has 98 valence electrons. The molecule has 1 aromatic rings. The Morgan fingerprint density at radius 2 is 2.17 bits per heavy atom. The summed E-state index contributed by atoms with van der Waals surface area (Å²) in [7, 11) is 1.56. The Hall–Kier alpha value is -1.95. The third-order valence-corrected chi connectivity index (χ3v) is 2.54. The van der Waals surface area contributed by atoms with Crippen LogP contribution in [0.3, 0.4) is 0 Å². The summed E-state index contributed by atoms with van der Waals surface area (Å²) in [5.74, 6) is -0.181.